The molecule has 5 nitrogen and oxygen atoms in total. The summed E-state index contributed by atoms with van der Waals surface area (Å²) < 4.78 is 1.38. The lowest BCUT2D eigenvalue weighted by Crippen LogP contribution is -2.19. The van der Waals surface area contributed by atoms with Crippen molar-refractivity contribution in [2.24, 2.45) is 5.41 Å². The number of rotatable bonds is 5. The fourth-order valence-corrected chi connectivity index (χ4v) is 2.96. The van der Waals surface area contributed by atoms with Crippen LogP contribution in [0.2, 0.25) is 0 Å². The lowest BCUT2D eigenvalue weighted by molar-refractivity contribution is 0.357. The first-order valence-electron chi connectivity index (χ1n) is 7.45. The van der Waals surface area contributed by atoms with Gasteiger partial charge in [-0.2, -0.15) is 4.52 Å². The second-order valence-electron chi connectivity index (χ2n) is 6.69. The maximum absolute atomic E-state index is 12.0. The van der Waals surface area contributed by atoms with Crippen LogP contribution in [0.25, 0.3) is 4.96 Å². The zero-order valence-corrected chi connectivity index (χ0v) is 14.3. The van der Waals surface area contributed by atoms with Crippen LogP contribution in [0.5, 0.6) is 0 Å². The van der Waals surface area contributed by atoms with E-state index in [9.17, 15) is 4.79 Å². The second-order valence-corrected chi connectivity index (χ2v) is 7.64. The van der Waals surface area contributed by atoms with Gasteiger partial charge in [-0.3, -0.25) is 4.79 Å². The van der Waals surface area contributed by atoms with Crippen LogP contribution >= 0.6 is 11.3 Å². The summed E-state index contributed by atoms with van der Waals surface area (Å²) in [6.45, 7) is 10.9. The van der Waals surface area contributed by atoms with Gasteiger partial charge in [-0.05, 0) is 31.6 Å². The van der Waals surface area contributed by atoms with E-state index in [1.165, 1.54) is 15.9 Å². The molecule has 0 aliphatic heterocycles. The standard InChI is InChI=1S/C15H24N4OS/c1-6-11-9-12(20)19-14(17-11)21-13(18-19)16-10(2)7-8-15(3,4)5/h9-10H,6-8H2,1-5H3,(H,16,18). The highest BCUT2D eigenvalue weighted by Crippen LogP contribution is 2.24. The number of hydrogen-bond acceptors (Lipinski definition) is 5. The van der Waals surface area contributed by atoms with Gasteiger partial charge in [0.1, 0.15) is 0 Å². The van der Waals surface area contributed by atoms with Crippen LogP contribution in [-0.2, 0) is 6.42 Å². The summed E-state index contributed by atoms with van der Waals surface area (Å²) in [5.41, 5.74) is 1.04. The van der Waals surface area contributed by atoms with Gasteiger partial charge in [-0.25, -0.2) is 4.98 Å². The van der Waals surface area contributed by atoms with Crippen molar-refractivity contribution in [1.29, 1.82) is 0 Å². The largest absolute Gasteiger partial charge is 0.358 e. The number of nitrogens with one attached hydrogen (secondary N) is 1. The Labute approximate surface area is 129 Å². The van der Waals surface area contributed by atoms with Gasteiger partial charge in [0.2, 0.25) is 10.1 Å². The molecule has 21 heavy (non-hydrogen) atoms. The Morgan fingerprint density at radius 3 is 2.76 bits per heavy atom. The molecule has 0 aliphatic carbocycles. The molecule has 1 N–H and O–H groups in total. The molecule has 0 amide bonds. The summed E-state index contributed by atoms with van der Waals surface area (Å²) in [4.78, 5) is 17.1. The minimum absolute atomic E-state index is 0.108. The number of aryl methyl sites for hydroxylation is 1. The zero-order valence-electron chi connectivity index (χ0n) is 13.4. The summed E-state index contributed by atoms with van der Waals surface area (Å²) in [5, 5.41) is 8.46. The SMILES string of the molecule is CCc1cc(=O)n2nc(NC(C)CCC(C)(C)C)sc2n1. The van der Waals surface area contributed by atoms with Crippen molar-refractivity contribution in [3.63, 3.8) is 0 Å². The van der Waals surface area contributed by atoms with Gasteiger partial charge >= 0.3 is 0 Å². The number of fused-ring (bicyclic) bond motifs is 1. The van der Waals surface area contributed by atoms with Crippen molar-refractivity contribution in [3.8, 4) is 0 Å². The fourth-order valence-electron chi connectivity index (χ4n) is 2.03. The van der Waals surface area contributed by atoms with Gasteiger partial charge in [-0.15, -0.1) is 5.10 Å². The van der Waals surface area contributed by atoms with Gasteiger partial charge in [0.25, 0.3) is 5.56 Å². The van der Waals surface area contributed by atoms with E-state index < -0.39 is 0 Å². The molecule has 6 heteroatoms. The summed E-state index contributed by atoms with van der Waals surface area (Å²) in [7, 11) is 0. The Kier molecular flexibility index (Phi) is 4.66. The molecule has 0 aliphatic rings. The van der Waals surface area contributed by atoms with E-state index in [0.29, 0.717) is 16.4 Å². The topological polar surface area (TPSA) is 59.3 Å². The van der Waals surface area contributed by atoms with Crippen LogP contribution in [0.15, 0.2) is 10.9 Å². The Hall–Kier alpha value is -1.43. The molecule has 0 aromatic carbocycles. The minimum atomic E-state index is -0.108. The fraction of sp³-hybridized carbons (Fsp3) is 0.667. The highest BCUT2D eigenvalue weighted by atomic mass is 32.1. The van der Waals surface area contributed by atoms with Crippen molar-refractivity contribution < 1.29 is 0 Å². The third-order valence-electron chi connectivity index (χ3n) is 3.36. The van der Waals surface area contributed by atoms with Crippen LogP contribution in [0.1, 0.15) is 53.2 Å². The van der Waals surface area contributed by atoms with Gasteiger partial charge in [0.15, 0.2) is 0 Å². The van der Waals surface area contributed by atoms with Crippen LogP contribution in [0, 0.1) is 5.41 Å². The van der Waals surface area contributed by atoms with E-state index in [2.05, 4.69) is 43.1 Å². The molecule has 116 valence electrons. The number of hydrogen-bond donors (Lipinski definition) is 1. The summed E-state index contributed by atoms with van der Waals surface area (Å²) in [6, 6.07) is 1.88. The van der Waals surface area contributed by atoms with Crippen molar-refractivity contribution in [3.05, 3.63) is 22.1 Å². The summed E-state index contributed by atoms with van der Waals surface area (Å²) >= 11 is 1.43. The molecule has 0 radical (unpaired) electrons. The van der Waals surface area contributed by atoms with E-state index in [1.807, 2.05) is 6.92 Å². The van der Waals surface area contributed by atoms with Crippen LogP contribution in [0.4, 0.5) is 5.13 Å². The average molecular weight is 308 g/mol. The Balaban J connectivity index is 2.12. The molecule has 0 saturated heterocycles. The van der Waals surface area contributed by atoms with Gasteiger partial charge in [-0.1, -0.05) is 39.0 Å². The molecule has 0 spiro atoms. The Bertz CT molecular complexity index is 668. The third kappa shape index (κ3) is 4.27. The van der Waals surface area contributed by atoms with Crippen LogP contribution in [0.3, 0.4) is 0 Å². The molecule has 0 saturated carbocycles. The first-order chi connectivity index (χ1) is 9.78. The minimum Gasteiger partial charge on any atom is -0.358 e. The van der Waals surface area contributed by atoms with Crippen LogP contribution < -0.4 is 10.9 Å². The van der Waals surface area contributed by atoms with Crippen molar-refractivity contribution in [1.82, 2.24) is 14.6 Å². The zero-order chi connectivity index (χ0) is 15.6. The molecule has 2 aromatic rings. The first kappa shape index (κ1) is 15.9. The lowest BCUT2D eigenvalue weighted by Gasteiger charge is -2.21. The van der Waals surface area contributed by atoms with Crippen molar-refractivity contribution in [2.75, 3.05) is 5.32 Å². The van der Waals surface area contributed by atoms with Crippen LogP contribution in [-0.4, -0.2) is 20.6 Å². The maximum Gasteiger partial charge on any atom is 0.275 e. The predicted octanol–water partition coefficient (Wildman–Crippen LogP) is 3.34. The maximum atomic E-state index is 12.0. The molecular formula is C15H24N4OS. The third-order valence-corrected chi connectivity index (χ3v) is 4.20. The molecular weight excluding hydrogens is 284 g/mol. The quantitative estimate of drug-likeness (QED) is 0.920. The Morgan fingerprint density at radius 2 is 2.14 bits per heavy atom. The van der Waals surface area contributed by atoms with Gasteiger partial charge in [0.05, 0.1) is 0 Å². The smallest absolute Gasteiger partial charge is 0.275 e. The number of nitrogens with zero attached hydrogens (tertiary/aromatic N) is 3. The molecule has 0 bridgehead atoms. The van der Waals surface area contributed by atoms with Gasteiger partial charge in [0, 0.05) is 17.8 Å². The lowest BCUT2D eigenvalue weighted by atomic mass is 9.89. The van der Waals surface area contributed by atoms with Gasteiger partial charge < -0.3 is 5.32 Å². The molecule has 2 aromatic heterocycles. The monoisotopic (exact) mass is 308 g/mol. The first-order valence-corrected chi connectivity index (χ1v) is 8.26. The van der Waals surface area contributed by atoms with Crippen molar-refractivity contribution >= 4 is 21.4 Å². The number of anilines is 1. The molecule has 2 rings (SSSR count). The summed E-state index contributed by atoms with van der Waals surface area (Å²) in [5.74, 6) is 0. The van der Waals surface area contributed by atoms with E-state index in [0.717, 1.165) is 30.1 Å². The normalized spacial score (nSPS) is 13.6. The molecule has 2 heterocycles. The van der Waals surface area contributed by atoms with E-state index in [1.54, 1.807) is 6.07 Å². The predicted molar refractivity (Wildman–Crippen MR) is 88.3 cm³/mol. The highest BCUT2D eigenvalue weighted by Gasteiger charge is 2.14. The average Bonchev–Trinajstić information content (AvgIpc) is 2.78. The van der Waals surface area contributed by atoms with Crippen molar-refractivity contribution in [2.45, 2.75) is 59.9 Å². The number of aromatic nitrogens is 3. The molecule has 1 atom stereocenters. The van der Waals surface area contributed by atoms with E-state index in [4.69, 9.17) is 0 Å². The molecule has 0 fully saturated rings. The van der Waals surface area contributed by atoms with E-state index >= 15 is 0 Å². The highest BCUT2D eigenvalue weighted by molar-refractivity contribution is 7.20. The molecule has 1 unspecified atom stereocenters. The Morgan fingerprint density at radius 1 is 1.43 bits per heavy atom. The second kappa shape index (κ2) is 6.13. The summed E-state index contributed by atoms with van der Waals surface area (Å²) in [6.07, 6.45) is 2.97. The van der Waals surface area contributed by atoms with E-state index in [-0.39, 0.29) is 5.56 Å².